The van der Waals surface area contributed by atoms with Gasteiger partial charge in [0.1, 0.15) is 0 Å². The lowest BCUT2D eigenvalue weighted by atomic mass is 10.3. The summed E-state index contributed by atoms with van der Waals surface area (Å²) in [6.45, 7) is 3.26. The third-order valence-electron chi connectivity index (χ3n) is 2.64. The second-order valence-corrected chi connectivity index (χ2v) is 6.66. The van der Waals surface area contributed by atoms with Crippen LogP contribution in [0.3, 0.4) is 0 Å². The van der Waals surface area contributed by atoms with E-state index in [4.69, 9.17) is 0 Å². The molecule has 0 fully saturated rings. The molecular formula is C12H21N3O2S. The number of aromatic nitrogens is 1. The Kier molecular flexibility index (Phi) is 5.71. The van der Waals surface area contributed by atoms with E-state index < -0.39 is 10.0 Å². The average Bonchev–Trinajstić information content (AvgIpc) is 2.35. The second-order valence-electron chi connectivity index (χ2n) is 4.40. The van der Waals surface area contributed by atoms with E-state index in [0.29, 0.717) is 19.6 Å². The van der Waals surface area contributed by atoms with Crippen molar-refractivity contribution >= 4 is 10.0 Å². The lowest BCUT2D eigenvalue weighted by Gasteiger charge is -2.23. The van der Waals surface area contributed by atoms with Gasteiger partial charge in [-0.25, -0.2) is 8.42 Å². The van der Waals surface area contributed by atoms with Crippen LogP contribution in [0.15, 0.2) is 24.5 Å². The molecule has 0 spiro atoms. The maximum atomic E-state index is 12.0. The minimum atomic E-state index is -3.18. The maximum absolute atomic E-state index is 12.0. The van der Waals surface area contributed by atoms with Crippen LogP contribution in [0.2, 0.25) is 0 Å². The SMILES string of the molecule is CCS(=O)(=O)N(CCN(C)C)Cc1cccnc1. The van der Waals surface area contributed by atoms with Crippen molar-refractivity contribution in [2.24, 2.45) is 0 Å². The second kappa shape index (κ2) is 6.82. The summed E-state index contributed by atoms with van der Waals surface area (Å²) in [5, 5.41) is 0. The Balaban J connectivity index is 2.78. The number of pyridine rings is 1. The first-order chi connectivity index (χ1) is 8.45. The van der Waals surface area contributed by atoms with E-state index >= 15 is 0 Å². The summed E-state index contributed by atoms with van der Waals surface area (Å²) in [7, 11) is 0.687. The molecule has 0 saturated carbocycles. The fraction of sp³-hybridized carbons (Fsp3) is 0.583. The smallest absolute Gasteiger partial charge is 0.214 e. The fourth-order valence-corrected chi connectivity index (χ4v) is 2.58. The van der Waals surface area contributed by atoms with E-state index in [0.717, 1.165) is 5.56 Å². The molecule has 0 atom stereocenters. The zero-order valence-electron chi connectivity index (χ0n) is 11.2. The number of likely N-dealkylation sites (N-methyl/N-ethyl adjacent to an activating group) is 1. The van der Waals surface area contributed by atoms with Crippen molar-refractivity contribution in [2.75, 3.05) is 32.9 Å². The number of hydrogen-bond donors (Lipinski definition) is 0. The van der Waals surface area contributed by atoms with E-state index in [-0.39, 0.29) is 5.75 Å². The minimum Gasteiger partial charge on any atom is -0.308 e. The fourth-order valence-electron chi connectivity index (χ4n) is 1.51. The molecule has 0 radical (unpaired) electrons. The summed E-state index contributed by atoms with van der Waals surface area (Å²) in [5.41, 5.74) is 0.910. The summed E-state index contributed by atoms with van der Waals surface area (Å²) in [6, 6.07) is 3.71. The third kappa shape index (κ3) is 4.72. The standard InChI is InChI=1S/C12H21N3O2S/c1-4-18(16,17)15(9-8-14(2)3)11-12-6-5-7-13-10-12/h5-7,10H,4,8-9,11H2,1-3H3. The van der Waals surface area contributed by atoms with Crippen molar-refractivity contribution in [3.63, 3.8) is 0 Å². The minimum absolute atomic E-state index is 0.126. The normalized spacial score (nSPS) is 12.3. The Morgan fingerprint density at radius 1 is 1.28 bits per heavy atom. The number of rotatable bonds is 7. The Hall–Kier alpha value is -0.980. The molecule has 18 heavy (non-hydrogen) atoms. The molecule has 6 heteroatoms. The largest absolute Gasteiger partial charge is 0.308 e. The Morgan fingerprint density at radius 3 is 2.50 bits per heavy atom. The van der Waals surface area contributed by atoms with E-state index in [2.05, 4.69) is 4.98 Å². The molecule has 0 aliphatic rings. The molecule has 102 valence electrons. The van der Waals surface area contributed by atoms with Crippen LogP contribution in [-0.4, -0.2) is 55.5 Å². The summed E-state index contributed by atoms with van der Waals surface area (Å²) < 4.78 is 25.5. The van der Waals surface area contributed by atoms with Gasteiger partial charge in [-0.2, -0.15) is 4.31 Å². The van der Waals surface area contributed by atoms with E-state index in [1.165, 1.54) is 4.31 Å². The van der Waals surface area contributed by atoms with E-state index in [1.54, 1.807) is 19.3 Å². The molecule has 0 bridgehead atoms. The van der Waals surface area contributed by atoms with Gasteiger partial charge in [0.2, 0.25) is 10.0 Å². The van der Waals surface area contributed by atoms with Gasteiger partial charge in [-0.15, -0.1) is 0 Å². The quantitative estimate of drug-likeness (QED) is 0.736. The lowest BCUT2D eigenvalue weighted by molar-refractivity contribution is 0.329. The van der Waals surface area contributed by atoms with Gasteiger partial charge in [-0.05, 0) is 32.6 Å². The van der Waals surface area contributed by atoms with Gasteiger partial charge in [0, 0.05) is 32.0 Å². The number of hydrogen-bond acceptors (Lipinski definition) is 4. The van der Waals surface area contributed by atoms with Crippen LogP contribution in [0.5, 0.6) is 0 Å². The summed E-state index contributed by atoms with van der Waals surface area (Å²) >= 11 is 0. The molecular weight excluding hydrogens is 250 g/mol. The van der Waals surface area contributed by atoms with E-state index in [1.807, 2.05) is 31.1 Å². The van der Waals surface area contributed by atoms with Crippen LogP contribution in [-0.2, 0) is 16.6 Å². The predicted octanol–water partition coefficient (Wildman–Crippen LogP) is 0.795. The van der Waals surface area contributed by atoms with Crippen molar-refractivity contribution in [3.8, 4) is 0 Å². The van der Waals surface area contributed by atoms with Crippen LogP contribution >= 0.6 is 0 Å². The zero-order valence-corrected chi connectivity index (χ0v) is 12.0. The Labute approximate surface area is 109 Å². The van der Waals surface area contributed by atoms with Gasteiger partial charge < -0.3 is 4.90 Å². The van der Waals surface area contributed by atoms with Crippen molar-refractivity contribution in [1.82, 2.24) is 14.2 Å². The Bertz CT molecular complexity index is 446. The average molecular weight is 271 g/mol. The van der Waals surface area contributed by atoms with Crippen LogP contribution in [0.4, 0.5) is 0 Å². The maximum Gasteiger partial charge on any atom is 0.214 e. The molecule has 0 aliphatic heterocycles. The van der Waals surface area contributed by atoms with E-state index in [9.17, 15) is 8.42 Å². The number of sulfonamides is 1. The molecule has 0 aliphatic carbocycles. The van der Waals surface area contributed by atoms with Gasteiger partial charge in [0.05, 0.1) is 5.75 Å². The molecule has 0 unspecified atom stereocenters. The Morgan fingerprint density at radius 2 is 2.00 bits per heavy atom. The highest BCUT2D eigenvalue weighted by Crippen LogP contribution is 2.08. The van der Waals surface area contributed by atoms with Crippen LogP contribution in [0, 0.1) is 0 Å². The van der Waals surface area contributed by atoms with Gasteiger partial charge in [-0.1, -0.05) is 6.07 Å². The molecule has 1 aromatic rings. The van der Waals surface area contributed by atoms with Crippen LogP contribution < -0.4 is 0 Å². The highest BCUT2D eigenvalue weighted by atomic mass is 32.2. The molecule has 0 saturated heterocycles. The van der Waals surface area contributed by atoms with Crippen LogP contribution in [0.1, 0.15) is 12.5 Å². The molecule has 0 N–H and O–H groups in total. The highest BCUT2D eigenvalue weighted by Gasteiger charge is 2.20. The first kappa shape index (κ1) is 15.1. The van der Waals surface area contributed by atoms with Gasteiger partial charge in [-0.3, -0.25) is 4.98 Å². The molecule has 1 heterocycles. The third-order valence-corrected chi connectivity index (χ3v) is 4.46. The zero-order chi connectivity index (χ0) is 13.6. The molecule has 0 amide bonds. The lowest BCUT2D eigenvalue weighted by Crippen LogP contribution is -2.37. The molecule has 1 aromatic heterocycles. The first-order valence-corrected chi connectivity index (χ1v) is 7.58. The summed E-state index contributed by atoms with van der Waals surface area (Å²) in [5.74, 6) is 0.126. The topological polar surface area (TPSA) is 53.5 Å². The van der Waals surface area contributed by atoms with Gasteiger partial charge in [0.25, 0.3) is 0 Å². The van der Waals surface area contributed by atoms with Crippen LogP contribution in [0.25, 0.3) is 0 Å². The van der Waals surface area contributed by atoms with Crippen molar-refractivity contribution < 1.29 is 8.42 Å². The highest BCUT2D eigenvalue weighted by molar-refractivity contribution is 7.89. The monoisotopic (exact) mass is 271 g/mol. The van der Waals surface area contributed by atoms with Gasteiger partial charge in [0.15, 0.2) is 0 Å². The van der Waals surface area contributed by atoms with Crippen molar-refractivity contribution in [1.29, 1.82) is 0 Å². The first-order valence-electron chi connectivity index (χ1n) is 5.97. The molecule has 0 aromatic carbocycles. The van der Waals surface area contributed by atoms with Crippen molar-refractivity contribution in [2.45, 2.75) is 13.5 Å². The van der Waals surface area contributed by atoms with Gasteiger partial charge >= 0.3 is 0 Å². The predicted molar refractivity (Wildman–Crippen MR) is 72.7 cm³/mol. The number of nitrogens with zero attached hydrogens (tertiary/aromatic N) is 3. The summed E-state index contributed by atoms with van der Waals surface area (Å²) in [6.07, 6.45) is 3.38. The molecule has 1 rings (SSSR count). The molecule has 5 nitrogen and oxygen atoms in total. The van der Waals surface area contributed by atoms with Crippen molar-refractivity contribution in [3.05, 3.63) is 30.1 Å². The summed E-state index contributed by atoms with van der Waals surface area (Å²) in [4.78, 5) is 5.98.